The van der Waals surface area contributed by atoms with Gasteiger partial charge in [-0.3, -0.25) is 0 Å². The van der Waals surface area contributed by atoms with E-state index in [2.05, 4.69) is 5.16 Å². The van der Waals surface area contributed by atoms with Crippen molar-refractivity contribution in [3.05, 3.63) is 65.5 Å². The van der Waals surface area contributed by atoms with Crippen LogP contribution in [-0.2, 0) is 17.9 Å². The highest BCUT2D eigenvalue weighted by Gasteiger charge is 2.04. The molecule has 0 unspecified atom stereocenters. The molecule has 0 heterocycles. The lowest BCUT2D eigenvalue weighted by Gasteiger charge is -2.05. The van der Waals surface area contributed by atoms with Crippen molar-refractivity contribution in [3.63, 3.8) is 0 Å². The number of methoxy groups -OCH3 is 1. The number of nitrogens with two attached hydrogens (primary N) is 1. The second-order valence-corrected chi connectivity index (χ2v) is 4.49. The van der Waals surface area contributed by atoms with Crippen molar-refractivity contribution < 1.29 is 14.0 Å². The third kappa shape index (κ3) is 4.49. The molecule has 0 atom stereocenters. The lowest BCUT2D eigenvalue weighted by atomic mass is 10.1. The summed E-state index contributed by atoms with van der Waals surface area (Å²) < 4.78 is 18.3. The summed E-state index contributed by atoms with van der Waals surface area (Å²) in [6.45, 7) is 0.149. The molecule has 0 aromatic heterocycles. The van der Waals surface area contributed by atoms with Gasteiger partial charge in [0.25, 0.3) is 0 Å². The lowest BCUT2D eigenvalue weighted by Crippen LogP contribution is -2.15. The Bertz CT molecular complexity index is 615. The van der Waals surface area contributed by atoms with Crippen LogP contribution in [0, 0.1) is 5.82 Å². The Morgan fingerprint density at radius 1 is 1.14 bits per heavy atom. The van der Waals surface area contributed by atoms with E-state index in [0.717, 1.165) is 5.56 Å². The fourth-order valence-corrected chi connectivity index (χ4v) is 1.83. The van der Waals surface area contributed by atoms with E-state index in [4.69, 9.17) is 15.3 Å². The van der Waals surface area contributed by atoms with Crippen molar-refractivity contribution in [3.8, 4) is 5.75 Å². The Hall–Kier alpha value is -2.56. The highest BCUT2D eigenvalue weighted by atomic mass is 19.1. The summed E-state index contributed by atoms with van der Waals surface area (Å²) in [6, 6.07) is 14.3. The van der Waals surface area contributed by atoms with E-state index in [1.807, 2.05) is 30.3 Å². The Labute approximate surface area is 123 Å². The largest absolute Gasteiger partial charge is 0.494 e. The number of amidine groups is 1. The van der Waals surface area contributed by atoms with Crippen LogP contribution in [0.3, 0.4) is 0 Å². The summed E-state index contributed by atoms with van der Waals surface area (Å²) in [5.74, 6) is 0.140. The summed E-state index contributed by atoms with van der Waals surface area (Å²) >= 11 is 0. The molecule has 4 nitrogen and oxygen atoms in total. The van der Waals surface area contributed by atoms with Crippen molar-refractivity contribution in [2.24, 2.45) is 10.9 Å². The summed E-state index contributed by atoms with van der Waals surface area (Å²) in [5, 5.41) is 3.83. The third-order valence-corrected chi connectivity index (χ3v) is 2.86. The Morgan fingerprint density at radius 3 is 2.57 bits per heavy atom. The lowest BCUT2D eigenvalue weighted by molar-refractivity contribution is 0.129. The van der Waals surface area contributed by atoms with E-state index in [-0.39, 0.29) is 12.4 Å². The van der Waals surface area contributed by atoms with Crippen LogP contribution in [0.15, 0.2) is 53.7 Å². The predicted octanol–water partition coefficient (Wildman–Crippen LogP) is 2.87. The minimum absolute atomic E-state index is 0.149. The third-order valence-electron chi connectivity index (χ3n) is 2.86. The Kier molecular flexibility index (Phi) is 5.15. The van der Waals surface area contributed by atoms with Crippen molar-refractivity contribution >= 4 is 5.84 Å². The molecular weight excluding hydrogens is 271 g/mol. The Balaban J connectivity index is 1.88. The molecule has 0 aliphatic carbocycles. The van der Waals surface area contributed by atoms with Gasteiger partial charge in [0.05, 0.1) is 7.11 Å². The molecule has 0 saturated heterocycles. The number of benzene rings is 2. The number of halogens is 1. The van der Waals surface area contributed by atoms with Crippen molar-refractivity contribution in [1.82, 2.24) is 0 Å². The Morgan fingerprint density at radius 2 is 1.90 bits per heavy atom. The summed E-state index contributed by atoms with van der Waals surface area (Å²) in [6.07, 6.45) is 0.512. The molecule has 2 aromatic rings. The molecular formula is C16H17FN2O2. The standard InChI is InChI=1S/C16H17FN2O2/c1-20-15-8-7-13(9-14(15)17)11-21-19-16(18)10-12-5-3-2-4-6-12/h2-9H,10-11H2,1H3,(H2,18,19). The molecule has 0 amide bonds. The first-order valence-corrected chi connectivity index (χ1v) is 6.49. The zero-order valence-electron chi connectivity index (χ0n) is 11.8. The van der Waals surface area contributed by atoms with Crippen LogP contribution in [0.25, 0.3) is 0 Å². The number of ether oxygens (including phenoxy) is 1. The minimum atomic E-state index is -0.431. The van der Waals surface area contributed by atoms with E-state index >= 15 is 0 Å². The second-order valence-electron chi connectivity index (χ2n) is 4.49. The van der Waals surface area contributed by atoms with E-state index in [1.165, 1.54) is 13.2 Å². The van der Waals surface area contributed by atoms with Crippen LogP contribution in [-0.4, -0.2) is 12.9 Å². The summed E-state index contributed by atoms with van der Waals surface area (Å²) in [4.78, 5) is 5.14. The van der Waals surface area contributed by atoms with Crippen LogP contribution >= 0.6 is 0 Å². The first kappa shape index (κ1) is 14.8. The molecule has 0 spiro atoms. The van der Waals surface area contributed by atoms with Crippen LogP contribution in [0.2, 0.25) is 0 Å². The maximum Gasteiger partial charge on any atom is 0.165 e. The fourth-order valence-electron chi connectivity index (χ4n) is 1.83. The summed E-state index contributed by atoms with van der Waals surface area (Å²) in [7, 11) is 1.42. The number of hydrogen-bond acceptors (Lipinski definition) is 3. The quantitative estimate of drug-likeness (QED) is 0.505. The second kappa shape index (κ2) is 7.28. The van der Waals surface area contributed by atoms with Gasteiger partial charge in [-0.25, -0.2) is 4.39 Å². The molecule has 5 heteroatoms. The average molecular weight is 288 g/mol. The SMILES string of the molecule is COc1ccc(CON=C(N)Cc2ccccc2)cc1F. The van der Waals surface area contributed by atoms with Gasteiger partial charge in [-0.2, -0.15) is 0 Å². The van der Waals surface area contributed by atoms with Crippen LogP contribution in [0.5, 0.6) is 5.75 Å². The molecule has 2 N–H and O–H groups in total. The molecule has 2 rings (SSSR count). The van der Waals surface area contributed by atoms with E-state index in [0.29, 0.717) is 17.8 Å². The molecule has 0 saturated carbocycles. The van der Waals surface area contributed by atoms with Crippen molar-refractivity contribution in [1.29, 1.82) is 0 Å². The number of oxime groups is 1. The minimum Gasteiger partial charge on any atom is -0.494 e. The first-order chi connectivity index (χ1) is 10.2. The smallest absolute Gasteiger partial charge is 0.165 e. The molecule has 2 aromatic carbocycles. The predicted molar refractivity (Wildman–Crippen MR) is 79.5 cm³/mol. The first-order valence-electron chi connectivity index (χ1n) is 6.49. The van der Waals surface area contributed by atoms with Gasteiger partial charge in [0.15, 0.2) is 11.6 Å². The monoisotopic (exact) mass is 288 g/mol. The fraction of sp³-hybridized carbons (Fsp3) is 0.188. The van der Waals surface area contributed by atoms with E-state index in [1.54, 1.807) is 12.1 Å². The van der Waals surface area contributed by atoms with Crippen molar-refractivity contribution in [2.45, 2.75) is 13.0 Å². The van der Waals surface area contributed by atoms with E-state index in [9.17, 15) is 4.39 Å². The number of nitrogens with zero attached hydrogens (tertiary/aromatic N) is 1. The van der Waals surface area contributed by atoms with Gasteiger partial charge < -0.3 is 15.3 Å². The molecule has 110 valence electrons. The maximum absolute atomic E-state index is 13.5. The zero-order valence-corrected chi connectivity index (χ0v) is 11.8. The highest BCUT2D eigenvalue weighted by Crippen LogP contribution is 2.18. The molecule has 0 fully saturated rings. The van der Waals surface area contributed by atoms with Crippen LogP contribution in [0.4, 0.5) is 4.39 Å². The molecule has 0 aliphatic heterocycles. The van der Waals surface area contributed by atoms with Gasteiger partial charge in [0.2, 0.25) is 0 Å². The number of hydrogen-bond donors (Lipinski definition) is 1. The summed E-state index contributed by atoms with van der Waals surface area (Å²) in [5.41, 5.74) is 7.49. The van der Waals surface area contributed by atoms with Crippen LogP contribution in [0.1, 0.15) is 11.1 Å². The van der Waals surface area contributed by atoms with Crippen LogP contribution < -0.4 is 10.5 Å². The maximum atomic E-state index is 13.5. The topological polar surface area (TPSA) is 56.8 Å². The van der Waals surface area contributed by atoms with Gasteiger partial charge in [0.1, 0.15) is 12.4 Å². The van der Waals surface area contributed by atoms with Gasteiger partial charge in [0, 0.05) is 6.42 Å². The van der Waals surface area contributed by atoms with E-state index < -0.39 is 5.82 Å². The number of rotatable bonds is 6. The molecule has 0 aliphatic rings. The molecule has 0 radical (unpaired) electrons. The average Bonchev–Trinajstić information content (AvgIpc) is 2.48. The van der Waals surface area contributed by atoms with Gasteiger partial charge in [-0.1, -0.05) is 41.6 Å². The van der Waals surface area contributed by atoms with Gasteiger partial charge in [-0.15, -0.1) is 0 Å². The van der Waals surface area contributed by atoms with Gasteiger partial charge >= 0.3 is 0 Å². The molecule has 0 bridgehead atoms. The highest BCUT2D eigenvalue weighted by molar-refractivity contribution is 5.82. The van der Waals surface area contributed by atoms with Gasteiger partial charge in [-0.05, 0) is 23.3 Å². The normalized spacial score (nSPS) is 11.2. The van der Waals surface area contributed by atoms with Crippen molar-refractivity contribution in [2.75, 3.05) is 7.11 Å². The molecule has 21 heavy (non-hydrogen) atoms. The zero-order chi connectivity index (χ0) is 15.1.